The first kappa shape index (κ1) is 13.4. The third-order valence-electron chi connectivity index (χ3n) is 2.07. The van der Waals surface area contributed by atoms with E-state index in [1.54, 1.807) is 0 Å². The van der Waals surface area contributed by atoms with Gasteiger partial charge in [0.1, 0.15) is 5.82 Å². The molecular formula is C10H10FNO4S. The first-order chi connectivity index (χ1) is 7.91. The molecule has 0 fully saturated rings. The topological polar surface area (TPSA) is 80.4 Å². The molecule has 0 amide bonds. The number of carboxylic acid groups (broad SMARTS) is 1. The molecule has 0 aliphatic heterocycles. The number of aliphatic carboxylic acids is 1. The summed E-state index contributed by atoms with van der Waals surface area (Å²) in [5, 5.41) is 18.6. The molecule has 1 atom stereocenters. The first-order valence-electron chi connectivity index (χ1n) is 4.69. The second kappa shape index (κ2) is 5.62. The first-order valence-corrected chi connectivity index (χ1v) is 5.74. The quantitative estimate of drug-likeness (QED) is 0.648. The number of hydrogen-bond acceptors (Lipinski definition) is 4. The van der Waals surface area contributed by atoms with Gasteiger partial charge in [-0.25, -0.2) is 4.39 Å². The Hall–Kier alpha value is -1.63. The highest BCUT2D eigenvalue weighted by Crippen LogP contribution is 2.26. The van der Waals surface area contributed by atoms with Crippen LogP contribution in [0.15, 0.2) is 18.2 Å². The van der Waals surface area contributed by atoms with Crippen LogP contribution in [0.5, 0.6) is 0 Å². The van der Waals surface area contributed by atoms with E-state index in [4.69, 9.17) is 5.11 Å². The van der Waals surface area contributed by atoms with E-state index in [0.717, 1.165) is 30.0 Å². The maximum atomic E-state index is 12.9. The van der Waals surface area contributed by atoms with Crippen molar-refractivity contribution in [3.8, 4) is 0 Å². The summed E-state index contributed by atoms with van der Waals surface area (Å²) in [7, 11) is 0. The van der Waals surface area contributed by atoms with Crippen molar-refractivity contribution in [2.45, 2.75) is 17.9 Å². The summed E-state index contributed by atoms with van der Waals surface area (Å²) in [6.07, 6.45) is 0. The minimum absolute atomic E-state index is 0.0849. The lowest BCUT2D eigenvalue weighted by Crippen LogP contribution is -2.11. The van der Waals surface area contributed by atoms with Gasteiger partial charge in [0.25, 0.3) is 5.69 Å². The largest absolute Gasteiger partial charge is 0.480 e. The zero-order valence-corrected chi connectivity index (χ0v) is 9.74. The number of carbonyl (C=O) groups is 1. The third-order valence-corrected chi connectivity index (χ3v) is 3.25. The van der Waals surface area contributed by atoms with Crippen LogP contribution in [0.3, 0.4) is 0 Å². The Balaban J connectivity index is 2.85. The van der Waals surface area contributed by atoms with Crippen LogP contribution in [0.25, 0.3) is 0 Å². The Morgan fingerprint density at radius 2 is 2.29 bits per heavy atom. The molecule has 0 saturated heterocycles. The Morgan fingerprint density at radius 1 is 1.65 bits per heavy atom. The number of thioether (sulfide) groups is 1. The van der Waals surface area contributed by atoms with Crippen molar-refractivity contribution < 1.29 is 19.2 Å². The summed E-state index contributed by atoms with van der Waals surface area (Å²) < 4.78 is 12.9. The predicted octanol–water partition coefficient (Wildman–Crippen LogP) is 2.44. The van der Waals surface area contributed by atoms with Gasteiger partial charge in [0.15, 0.2) is 0 Å². The number of rotatable bonds is 5. The van der Waals surface area contributed by atoms with Crippen LogP contribution >= 0.6 is 11.8 Å². The van der Waals surface area contributed by atoms with Gasteiger partial charge in [-0.05, 0) is 19.1 Å². The van der Waals surface area contributed by atoms with Crippen molar-refractivity contribution in [1.29, 1.82) is 0 Å². The minimum Gasteiger partial charge on any atom is -0.480 e. The fraction of sp³-hybridized carbons (Fsp3) is 0.300. The van der Waals surface area contributed by atoms with Gasteiger partial charge in [-0.2, -0.15) is 0 Å². The van der Waals surface area contributed by atoms with Crippen molar-refractivity contribution in [2.24, 2.45) is 0 Å². The number of halogens is 1. The molecule has 1 aromatic rings. The molecule has 7 heteroatoms. The van der Waals surface area contributed by atoms with Crippen molar-refractivity contribution >= 4 is 23.4 Å². The number of carboxylic acids is 1. The Bertz CT molecular complexity index is 452. The molecule has 0 spiro atoms. The lowest BCUT2D eigenvalue weighted by molar-refractivity contribution is -0.385. The molecule has 1 unspecified atom stereocenters. The van der Waals surface area contributed by atoms with Crippen molar-refractivity contribution in [3.05, 3.63) is 39.7 Å². The average Bonchev–Trinajstić information content (AvgIpc) is 2.25. The summed E-state index contributed by atoms with van der Waals surface area (Å²) in [4.78, 5) is 20.6. The highest BCUT2D eigenvalue weighted by Gasteiger charge is 2.17. The molecule has 0 aliphatic carbocycles. The van der Waals surface area contributed by atoms with Crippen molar-refractivity contribution in [3.63, 3.8) is 0 Å². The normalized spacial score (nSPS) is 12.1. The van der Waals surface area contributed by atoms with Crippen LogP contribution in [0.4, 0.5) is 10.1 Å². The molecule has 1 N–H and O–H groups in total. The summed E-state index contributed by atoms with van der Waals surface area (Å²) in [6.45, 7) is 1.47. The minimum atomic E-state index is -1.01. The van der Waals surface area contributed by atoms with Gasteiger partial charge in [0, 0.05) is 17.4 Å². The van der Waals surface area contributed by atoms with Gasteiger partial charge in [0.05, 0.1) is 10.2 Å². The van der Waals surface area contributed by atoms with E-state index in [1.807, 2.05) is 0 Å². The van der Waals surface area contributed by atoms with Gasteiger partial charge in [-0.15, -0.1) is 11.8 Å². The molecule has 0 aromatic heterocycles. The molecule has 0 aliphatic rings. The van der Waals surface area contributed by atoms with E-state index >= 15 is 0 Å². The molecule has 17 heavy (non-hydrogen) atoms. The standard InChI is InChI=1S/C10H10FNO4S/c1-6(10(13)14)17-5-7-4-8(11)2-3-9(7)12(15)16/h2-4,6H,5H2,1H3,(H,13,14). The second-order valence-corrected chi connectivity index (χ2v) is 4.65. The predicted molar refractivity (Wildman–Crippen MR) is 61.4 cm³/mol. The number of nitro benzene ring substituents is 1. The number of nitrogens with zero attached hydrogens (tertiary/aromatic N) is 1. The number of benzene rings is 1. The van der Waals surface area contributed by atoms with Crippen molar-refractivity contribution in [2.75, 3.05) is 0 Å². The van der Waals surface area contributed by atoms with E-state index in [0.29, 0.717) is 0 Å². The van der Waals surface area contributed by atoms with E-state index in [2.05, 4.69) is 0 Å². The van der Waals surface area contributed by atoms with Gasteiger partial charge in [-0.1, -0.05) is 0 Å². The van der Waals surface area contributed by atoms with Crippen molar-refractivity contribution in [1.82, 2.24) is 0 Å². The lowest BCUT2D eigenvalue weighted by atomic mass is 10.2. The molecule has 0 heterocycles. The summed E-state index contributed by atoms with van der Waals surface area (Å²) in [5.41, 5.74) is -0.00964. The second-order valence-electron chi connectivity index (χ2n) is 3.32. The van der Waals surface area contributed by atoms with Gasteiger partial charge >= 0.3 is 5.97 Å². The molecule has 92 valence electrons. The van der Waals surface area contributed by atoms with Crippen LogP contribution in [-0.2, 0) is 10.5 Å². The molecule has 0 radical (unpaired) electrons. The SMILES string of the molecule is CC(SCc1cc(F)ccc1[N+](=O)[O-])C(=O)O. The van der Waals surface area contributed by atoms with E-state index < -0.39 is 22.0 Å². The zero-order chi connectivity index (χ0) is 13.0. The van der Waals surface area contributed by atoms with Gasteiger partial charge in [0.2, 0.25) is 0 Å². The Kier molecular flexibility index (Phi) is 4.45. The summed E-state index contributed by atoms with van der Waals surface area (Å²) >= 11 is 1.01. The zero-order valence-electron chi connectivity index (χ0n) is 8.92. The monoisotopic (exact) mass is 259 g/mol. The summed E-state index contributed by atoms with van der Waals surface area (Å²) in [5.74, 6) is -1.50. The van der Waals surface area contributed by atoms with Gasteiger partial charge < -0.3 is 5.11 Å². The highest BCUT2D eigenvalue weighted by molar-refractivity contribution is 7.99. The lowest BCUT2D eigenvalue weighted by Gasteiger charge is -2.06. The van der Waals surface area contributed by atoms with Gasteiger partial charge in [-0.3, -0.25) is 14.9 Å². The fourth-order valence-electron chi connectivity index (χ4n) is 1.13. The highest BCUT2D eigenvalue weighted by atomic mass is 32.2. The molecule has 1 aromatic carbocycles. The van der Waals surface area contributed by atoms with E-state index in [-0.39, 0.29) is 17.0 Å². The number of hydrogen-bond donors (Lipinski definition) is 1. The molecule has 5 nitrogen and oxygen atoms in total. The smallest absolute Gasteiger partial charge is 0.316 e. The van der Waals surface area contributed by atoms with E-state index in [1.165, 1.54) is 6.92 Å². The Morgan fingerprint density at radius 3 is 2.82 bits per heavy atom. The third kappa shape index (κ3) is 3.70. The number of nitro groups is 1. The van der Waals surface area contributed by atoms with E-state index in [9.17, 15) is 19.3 Å². The van der Waals surface area contributed by atoms with Crippen LogP contribution in [-0.4, -0.2) is 21.2 Å². The molecule has 1 rings (SSSR count). The molecule has 0 saturated carbocycles. The Labute approximate surface area is 101 Å². The maximum Gasteiger partial charge on any atom is 0.316 e. The molecule has 0 bridgehead atoms. The van der Waals surface area contributed by atoms with Crippen LogP contribution < -0.4 is 0 Å². The van der Waals surface area contributed by atoms with Crippen LogP contribution in [0.1, 0.15) is 12.5 Å². The molecular weight excluding hydrogens is 249 g/mol. The van der Waals surface area contributed by atoms with Crippen LogP contribution in [0.2, 0.25) is 0 Å². The van der Waals surface area contributed by atoms with Crippen LogP contribution in [0, 0.1) is 15.9 Å². The average molecular weight is 259 g/mol. The fourth-order valence-corrected chi connectivity index (χ4v) is 1.94. The summed E-state index contributed by atoms with van der Waals surface area (Å²) in [6, 6.07) is 3.14. The maximum absolute atomic E-state index is 12.9.